The summed E-state index contributed by atoms with van der Waals surface area (Å²) in [5.74, 6) is 0. The number of halogens is 6. The van der Waals surface area contributed by atoms with Crippen LogP contribution in [0.15, 0.2) is 12.1 Å². The number of nitrogens with zero attached hydrogens (tertiary/aromatic N) is 1. The van der Waals surface area contributed by atoms with Crippen molar-refractivity contribution in [3.8, 4) is 6.07 Å². The fourth-order valence-electron chi connectivity index (χ4n) is 1.44. The number of rotatable bonds is 1. The molecule has 0 amide bonds. The van der Waals surface area contributed by atoms with Gasteiger partial charge in [-0.2, -0.15) is 31.6 Å². The maximum absolute atomic E-state index is 12.6. The lowest BCUT2D eigenvalue weighted by Crippen LogP contribution is -2.19. The third-order valence-electron chi connectivity index (χ3n) is 2.16. The van der Waals surface area contributed by atoms with E-state index in [-0.39, 0.29) is 6.07 Å². The Kier molecular flexibility index (Phi) is 3.57. The Bertz CT molecular complexity index is 497. The van der Waals surface area contributed by atoms with Crippen LogP contribution in [0.3, 0.4) is 0 Å². The van der Waals surface area contributed by atoms with E-state index in [2.05, 4.69) is 0 Å². The lowest BCUT2D eigenvalue weighted by molar-refractivity contribution is -0.162. The van der Waals surface area contributed by atoms with Crippen LogP contribution in [0.1, 0.15) is 22.3 Å². The maximum Gasteiger partial charge on any atom is 0.418 e. The second-order valence-electron chi connectivity index (χ2n) is 3.29. The maximum atomic E-state index is 12.6. The molecule has 0 aliphatic rings. The second-order valence-corrected chi connectivity index (χ2v) is 3.29. The van der Waals surface area contributed by atoms with Crippen molar-refractivity contribution in [3.63, 3.8) is 0 Å². The normalized spacial score (nSPS) is 12.3. The molecule has 2 nitrogen and oxygen atoms in total. The summed E-state index contributed by atoms with van der Waals surface area (Å²) < 4.78 is 75.2. The van der Waals surface area contributed by atoms with Crippen LogP contribution in [0, 0.1) is 11.3 Å². The van der Waals surface area contributed by atoms with Gasteiger partial charge in [0.2, 0.25) is 0 Å². The highest BCUT2D eigenvalue weighted by molar-refractivity contribution is 5.50. The van der Waals surface area contributed by atoms with Crippen molar-refractivity contribution in [1.82, 2.24) is 0 Å². The van der Waals surface area contributed by atoms with Crippen LogP contribution in [-0.4, -0.2) is 5.11 Å². The lowest BCUT2D eigenvalue weighted by Gasteiger charge is -2.18. The number of benzene rings is 1. The summed E-state index contributed by atoms with van der Waals surface area (Å²) in [6, 6.07) is 1.91. The van der Waals surface area contributed by atoms with Crippen LogP contribution in [0.2, 0.25) is 0 Å². The van der Waals surface area contributed by atoms with Crippen LogP contribution in [0.4, 0.5) is 26.3 Å². The van der Waals surface area contributed by atoms with E-state index in [0.717, 1.165) is 6.07 Å². The van der Waals surface area contributed by atoms with Gasteiger partial charge in [0.1, 0.15) is 6.07 Å². The van der Waals surface area contributed by atoms with E-state index in [0.29, 0.717) is 6.07 Å². The largest absolute Gasteiger partial charge is 0.418 e. The van der Waals surface area contributed by atoms with Gasteiger partial charge in [0.05, 0.1) is 23.3 Å². The Morgan fingerprint density at radius 2 is 1.61 bits per heavy atom. The van der Waals surface area contributed by atoms with Gasteiger partial charge >= 0.3 is 12.4 Å². The number of nitriles is 1. The first-order valence-corrected chi connectivity index (χ1v) is 4.44. The fraction of sp³-hybridized carbons (Fsp3) is 0.300. The summed E-state index contributed by atoms with van der Waals surface area (Å²) in [4.78, 5) is 0. The topological polar surface area (TPSA) is 44.0 Å². The summed E-state index contributed by atoms with van der Waals surface area (Å²) in [7, 11) is 0. The zero-order valence-corrected chi connectivity index (χ0v) is 8.52. The predicted molar refractivity (Wildman–Crippen MR) is 47.1 cm³/mol. The monoisotopic (exact) mass is 269 g/mol. The quantitative estimate of drug-likeness (QED) is 0.796. The molecular weight excluding hydrogens is 264 g/mol. The van der Waals surface area contributed by atoms with Gasteiger partial charge in [-0.25, -0.2) is 0 Å². The van der Waals surface area contributed by atoms with Gasteiger partial charge < -0.3 is 5.11 Å². The molecule has 0 atom stereocenters. The first kappa shape index (κ1) is 14.3. The number of hydrogen-bond acceptors (Lipinski definition) is 2. The van der Waals surface area contributed by atoms with E-state index in [9.17, 15) is 26.3 Å². The van der Waals surface area contributed by atoms with Crippen LogP contribution in [0.25, 0.3) is 0 Å². The molecule has 1 aromatic carbocycles. The van der Waals surface area contributed by atoms with E-state index in [1.807, 2.05) is 0 Å². The molecule has 0 aliphatic heterocycles. The molecule has 0 unspecified atom stereocenters. The number of aliphatic hydroxyl groups excluding tert-OH is 1. The Hall–Kier alpha value is -1.75. The molecule has 0 heterocycles. The van der Waals surface area contributed by atoms with Crippen LogP contribution in [-0.2, 0) is 19.0 Å². The molecule has 1 aromatic rings. The van der Waals surface area contributed by atoms with Crippen LogP contribution in [0.5, 0.6) is 0 Å². The minimum Gasteiger partial charge on any atom is -0.392 e. The highest BCUT2D eigenvalue weighted by Gasteiger charge is 2.45. The summed E-state index contributed by atoms with van der Waals surface area (Å²) in [5, 5.41) is 17.3. The smallest absolute Gasteiger partial charge is 0.392 e. The van der Waals surface area contributed by atoms with Crippen molar-refractivity contribution in [1.29, 1.82) is 5.26 Å². The van der Waals surface area contributed by atoms with Gasteiger partial charge in [-0.15, -0.1) is 0 Å². The Balaban J connectivity index is 3.73. The highest BCUT2D eigenvalue weighted by atomic mass is 19.4. The van der Waals surface area contributed by atoms with Gasteiger partial charge in [0.25, 0.3) is 0 Å². The third-order valence-corrected chi connectivity index (χ3v) is 2.16. The van der Waals surface area contributed by atoms with Gasteiger partial charge in [0.15, 0.2) is 0 Å². The second kappa shape index (κ2) is 4.49. The molecule has 8 heteroatoms. The van der Waals surface area contributed by atoms with Gasteiger partial charge in [-0.3, -0.25) is 0 Å². The van der Waals surface area contributed by atoms with Crippen LogP contribution >= 0.6 is 0 Å². The van der Waals surface area contributed by atoms with E-state index >= 15 is 0 Å². The summed E-state index contributed by atoms with van der Waals surface area (Å²) in [6.07, 6.45) is -10.6. The standard InChI is InChI=1S/C10H5F6NO/c11-9(12,13)7-2-1-5(4-18)6(3-17)8(7)10(14,15)16/h1-2,18H,4H2. The molecule has 1 N–H and O–H groups in total. The van der Waals surface area contributed by atoms with E-state index in [4.69, 9.17) is 10.4 Å². The molecular formula is C10H5F6NO. The Morgan fingerprint density at radius 3 is 1.94 bits per heavy atom. The minimum absolute atomic E-state index is 0.204. The Morgan fingerprint density at radius 1 is 1.06 bits per heavy atom. The van der Waals surface area contributed by atoms with E-state index < -0.39 is 41.2 Å². The molecule has 0 fully saturated rings. The molecule has 0 aliphatic carbocycles. The SMILES string of the molecule is N#Cc1c(CO)ccc(C(F)(F)F)c1C(F)(F)F. The van der Waals surface area contributed by atoms with Crippen molar-refractivity contribution < 1.29 is 31.4 Å². The number of alkyl halides is 6. The minimum atomic E-state index is -5.33. The summed E-state index contributed by atoms with van der Waals surface area (Å²) in [5.41, 5.74) is -5.72. The number of aliphatic hydroxyl groups is 1. The van der Waals surface area contributed by atoms with E-state index in [1.54, 1.807) is 0 Å². The van der Waals surface area contributed by atoms with Crippen LogP contribution < -0.4 is 0 Å². The molecule has 0 aromatic heterocycles. The average molecular weight is 269 g/mol. The third kappa shape index (κ3) is 2.56. The highest BCUT2D eigenvalue weighted by Crippen LogP contribution is 2.42. The summed E-state index contributed by atoms with van der Waals surface area (Å²) >= 11 is 0. The van der Waals surface area contributed by atoms with Crippen molar-refractivity contribution in [2.24, 2.45) is 0 Å². The number of hydrogen-bond donors (Lipinski definition) is 1. The van der Waals surface area contributed by atoms with Crippen molar-refractivity contribution in [2.45, 2.75) is 19.0 Å². The van der Waals surface area contributed by atoms with Gasteiger partial charge in [-0.05, 0) is 11.6 Å². The van der Waals surface area contributed by atoms with Crippen molar-refractivity contribution in [2.75, 3.05) is 0 Å². The van der Waals surface area contributed by atoms with Gasteiger partial charge in [0, 0.05) is 0 Å². The predicted octanol–water partition coefficient (Wildman–Crippen LogP) is 3.09. The molecule has 0 bridgehead atoms. The lowest BCUT2D eigenvalue weighted by atomic mass is 9.96. The molecule has 0 radical (unpaired) electrons. The molecule has 1 rings (SSSR count). The Labute approximate surface area is 97.1 Å². The van der Waals surface area contributed by atoms with Crippen molar-refractivity contribution >= 4 is 0 Å². The first-order valence-electron chi connectivity index (χ1n) is 4.44. The zero-order chi connectivity index (χ0) is 14.1. The molecule has 18 heavy (non-hydrogen) atoms. The molecule has 0 saturated carbocycles. The fourth-order valence-corrected chi connectivity index (χ4v) is 1.44. The zero-order valence-electron chi connectivity index (χ0n) is 8.52. The molecule has 0 spiro atoms. The summed E-state index contributed by atoms with van der Waals surface area (Å²) in [6.45, 7) is -0.954. The van der Waals surface area contributed by atoms with Gasteiger partial charge in [-0.1, -0.05) is 6.07 Å². The average Bonchev–Trinajstić information content (AvgIpc) is 2.24. The van der Waals surface area contributed by atoms with Crippen molar-refractivity contribution in [3.05, 3.63) is 34.4 Å². The van der Waals surface area contributed by atoms with E-state index in [1.165, 1.54) is 0 Å². The molecule has 0 saturated heterocycles. The first-order chi connectivity index (χ1) is 8.12. The molecule has 98 valence electrons.